The first-order valence-electron chi connectivity index (χ1n) is 12.5. The van der Waals surface area contributed by atoms with Crippen molar-refractivity contribution in [1.29, 1.82) is 0 Å². The molecule has 0 spiro atoms. The summed E-state index contributed by atoms with van der Waals surface area (Å²) in [6, 6.07) is 17.0. The predicted octanol–water partition coefficient (Wildman–Crippen LogP) is 6.69. The van der Waals surface area contributed by atoms with Gasteiger partial charge in [-0.2, -0.15) is 5.10 Å². The molecule has 2 heterocycles. The van der Waals surface area contributed by atoms with Crippen LogP contribution < -0.4 is 0 Å². The highest BCUT2D eigenvalue weighted by atomic mass is 19.1. The Balaban J connectivity index is 0.00000124. The van der Waals surface area contributed by atoms with Gasteiger partial charge in [0.2, 0.25) is 0 Å². The molecule has 2 aromatic carbocycles. The molecule has 0 amide bonds. The first kappa shape index (κ1) is 23.2. The molecule has 4 nitrogen and oxygen atoms in total. The van der Waals surface area contributed by atoms with Crippen molar-refractivity contribution in [2.75, 3.05) is 0 Å². The molecule has 0 aliphatic heterocycles. The zero-order valence-electron chi connectivity index (χ0n) is 20.3. The second-order valence-electron chi connectivity index (χ2n) is 9.17. The highest BCUT2D eigenvalue weighted by molar-refractivity contribution is 5.92. The van der Waals surface area contributed by atoms with E-state index >= 15 is 0 Å². The maximum Gasteiger partial charge on any atom is 0.155 e. The van der Waals surface area contributed by atoms with E-state index in [0.29, 0.717) is 6.42 Å². The maximum absolute atomic E-state index is 13.5. The number of benzene rings is 2. The monoisotopic (exact) mass is 467 g/mol. The van der Waals surface area contributed by atoms with Crippen molar-refractivity contribution < 1.29 is 9.18 Å². The number of pyridine rings is 1. The Morgan fingerprint density at radius 3 is 2.63 bits per heavy atom. The summed E-state index contributed by atoms with van der Waals surface area (Å²) >= 11 is 0. The van der Waals surface area contributed by atoms with Gasteiger partial charge in [0.25, 0.3) is 0 Å². The fourth-order valence-electron chi connectivity index (χ4n) is 5.66. The molecule has 4 aromatic rings. The summed E-state index contributed by atoms with van der Waals surface area (Å²) in [6.45, 7) is 4.00. The van der Waals surface area contributed by atoms with E-state index in [9.17, 15) is 9.18 Å². The van der Waals surface area contributed by atoms with Crippen LogP contribution in [-0.2, 0) is 23.1 Å². The topological polar surface area (TPSA) is 47.8 Å². The number of hydrogen-bond donors (Lipinski definition) is 0. The normalized spacial score (nSPS) is 19.2. The van der Waals surface area contributed by atoms with E-state index < -0.39 is 0 Å². The Labute approximate surface area is 205 Å². The van der Waals surface area contributed by atoms with E-state index in [2.05, 4.69) is 28.3 Å². The fourth-order valence-corrected chi connectivity index (χ4v) is 5.66. The SMILES string of the molecule is CC.O=C1C=C2CCCc3cc4c(cnn4-c4ccc(F)cc4)cc3C2(Cc2ccccn2)CC1. The molecule has 178 valence electrons. The molecule has 1 unspecified atom stereocenters. The second-order valence-corrected chi connectivity index (χ2v) is 9.17. The van der Waals surface area contributed by atoms with Gasteiger partial charge < -0.3 is 0 Å². The molecular weight excluding hydrogens is 437 g/mol. The van der Waals surface area contributed by atoms with Crippen LogP contribution in [0, 0.1) is 5.82 Å². The zero-order chi connectivity index (χ0) is 24.4. The second kappa shape index (κ2) is 9.57. The number of ketones is 1. The summed E-state index contributed by atoms with van der Waals surface area (Å²) < 4.78 is 15.3. The molecule has 0 fully saturated rings. The average molecular weight is 468 g/mol. The Kier molecular flexibility index (Phi) is 6.33. The molecule has 2 aliphatic rings. The lowest BCUT2D eigenvalue weighted by Crippen LogP contribution is -2.36. The summed E-state index contributed by atoms with van der Waals surface area (Å²) in [5.74, 6) is -0.0259. The van der Waals surface area contributed by atoms with Crippen LogP contribution in [0.4, 0.5) is 4.39 Å². The molecule has 5 heteroatoms. The van der Waals surface area contributed by atoms with Gasteiger partial charge in [0.05, 0.1) is 17.4 Å². The number of aromatic nitrogens is 3. The lowest BCUT2D eigenvalue weighted by Gasteiger charge is -2.39. The van der Waals surface area contributed by atoms with Gasteiger partial charge in [-0.1, -0.05) is 25.5 Å². The molecule has 0 radical (unpaired) electrons. The lowest BCUT2D eigenvalue weighted by molar-refractivity contribution is -0.115. The van der Waals surface area contributed by atoms with Crippen molar-refractivity contribution in [2.45, 2.75) is 57.8 Å². The third-order valence-electron chi connectivity index (χ3n) is 7.23. The molecule has 2 aromatic heterocycles. The average Bonchev–Trinajstić information content (AvgIpc) is 3.24. The van der Waals surface area contributed by atoms with Gasteiger partial charge in [-0.3, -0.25) is 9.78 Å². The van der Waals surface area contributed by atoms with Gasteiger partial charge in [-0.15, -0.1) is 0 Å². The van der Waals surface area contributed by atoms with Gasteiger partial charge in [0, 0.05) is 35.5 Å². The minimum atomic E-state index is -0.258. The third kappa shape index (κ3) is 4.20. The van der Waals surface area contributed by atoms with Gasteiger partial charge in [0.1, 0.15) is 5.82 Å². The van der Waals surface area contributed by atoms with E-state index in [-0.39, 0.29) is 17.0 Å². The summed E-state index contributed by atoms with van der Waals surface area (Å²) in [5.41, 5.74) is 6.54. The number of carbonyl (C=O) groups is 1. The van der Waals surface area contributed by atoms with Crippen molar-refractivity contribution in [3.8, 4) is 5.69 Å². The van der Waals surface area contributed by atoms with E-state index in [1.165, 1.54) is 28.8 Å². The number of aryl methyl sites for hydroxylation is 1. The van der Waals surface area contributed by atoms with E-state index in [1.807, 2.05) is 49.1 Å². The standard InChI is InChI=1S/C28H24FN3O.C2H6/c29-22-7-9-24(10-8-22)32-27-15-19-4-3-5-21-16-25(33)11-12-28(21,17-23-6-1-2-13-30-23)26(19)14-20(27)18-31-32;1-2/h1-2,6-10,13-16,18H,3-5,11-12,17H2;1-2H3. The smallest absolute Gasteiger partial charge is 0.155 e. The highest BCUT2D eigenvalue weighted by Crippen LogP contribution is 2.48. The molecule has 6 rings (SSSR count). The molecule has 2 aliphatic carbocycles. The molecule has 0 saturated carbocycles. The number of halogens is 1. The summed E-state index contributed by atoms with van der Waals surface area (Å²) in [7, 11) is 0. The van der Waals surface area contributed by atoms with Crippen molar-refractivity contribution in [1.82, 2.24) is 14.8 Å². The molecule has 35 heavy (non-hydrogen) atoms. The first-order chi connectivity index (χ1) is 17.1. The molecule has 0 bridgehead atoms. The van der Waals surface area contributed by atoms with Crippen molar-refractivity contribution in [3.05, 3.63) is 101 Å². The number of fused-ring (bicyclic) bond motifs is 4. The molecule has 1 atom stereocenters. The van der Waals surface area contributed by atoms with Crippen LogP contribution in [-0.4, -0.2) is 20.5 Å². The summed E-state index contributed by atoms with van der Waals surface area (Å²) in [6.07, 6.45) is 10.7. The predicted molar refractivity (Wildman–Crippen MR) is 137 cm³/mol. The largest absolute Gasteiger partial charge is 0.295 e. The van der Waals surface area contributed by atoms with Crippen LogP contribution in [0.1, 0.15) is 56.4 Å². The molecule has 0 N–H and O–H groups in total. The quantitative estimate of drug-likeness (QED) is 0.337. The van der Waals surface area contributed by atoms with Gasteiger partial charge in [0.15, 0.2) is 5.78 Å². The van der Waals surface area contributed by atoms with Gasteiger partial charge in [-0.05, 0) is 91.4 Å². The number of nitrogens with zero attached hydrogens (tertiary/aromatic N) is 3. The van der Waals surface area contributed by atoms with Crippen LogP contribution in [0.2, 0.25) is 0 Å². The minimum Gasteiger partial charge on any atom is -0.295 e. The van der Waals surface area contributed by atoms with Crippen LogP contribution in [0.5, 0.6) is 0 Å². The third-order valence-corrected chi connectivity index (χ3v) is 7.23. The van der Waals surface area contributed by atoms with E-state index in [1.54, 1.807) is 12.1 Å². The Morgan fingerprint density at radius 2 is 1.86 bits per heavy atom. The number of rotatable bonds is 3. The van der Waals surface area contributed by atoms with E-state index in [4.69, 9.17) is 0 Å². The van der Waals surface area contributed by atoms with Crippen LogP contribution in [0.15, 0.2) is 78.6 Å². The first-order valence-corrected chi connectivity index (χ1v) is 12.5. The van der Waals surface area contributed by atoms with Crippen molar-refractivity contribution >= 4 is 16.7 Å². The van der Waals surface area contributed by atoms with E-state index in [0.717, 1.165) is 54.4 Å². The lowest BCUT2D eigenvalue weighted by atomic mass is 9.64. The van der Waals surface area contributed by atoms with Crippen molar-refractivity contribution in [3.63, 3.8) is 0 Å². The molecule has 0 saturated heterocycles. The van der Waals surface area contributed by atoms with Crippen LogP contribution >= 0.6 is 0 Å². The minimum absolute atomic E-state index is 0.222. The summed E-state index contributed by atoms with van der Waals surface area (Å²) in [5, 5.41) is 5.68. The van der Waals surface area contributed by atoms with Gasteiger partial charge in [-0.25, -0.2) is 9.07 Å². The van der Waals surface area contributed by atoms with Crippen LogP contribution in [0.3, 0.4) is 0 Å². The summed E-state index contributed by atoms with van der Waals surface area (Å²) in [4.78, 5) is 17.0. The van der Waals surface area contributed by atoms with Crippen LogP contribution in [0.25, 0.3) is 16.6 Å². The number of allylic oxidation sites excluding steroid dienone is 2. The highest BCUT2D eigenvalue weighted by Gasteiger charge is 2.42. The number of carbonyl (C=O) groups excluding carboxylic acids is 1. The van der Waals surface area contributed by atoms with Gasteiger partial charge >= 0.3 is 0 Å². The number of hydrogen-bond acceptors (Lipinski definition) is 3. The maximum atomic E-state index is 13.5. The van der Waals surface area contributed by atoms with Crippen molar-refractivity contribution in [2.24, 2.45) is 0 Å². The Hall–Kier alpha value is -3.60. The zero-order valence-corrected chi connectivity index (χ0v) is 20.3. The Bertz CT molecular complexity index is 1390. The Morgan fingerprint density at radius 1 is 1.03 bits per heavy atom. The fraction of sp³-hybridized carbons (Fsp3) is 0.300. The molecular formula is C30H30FN3O.